The van der Waals surface area contributed by atoms with Crippen LogP contribution in [0, 0.1) is 18.3 Å². The molecule has 40 heavy (non-hydrogen) atoms. The monoisotopic (exact) mass is 530 g/mol. The van der Waals surface area contributed by atoms with Gasteiger partial charge in [-0.1, -0.05) is 12.5 Å². The number of aromatic nitrogens is 6. The highest BCUT2D eigenvalue weighted by atomic mass is 16.1. The van der Waals surface area contributed by atoms with Crippen molar-refractivity contribution in [2.45, 2.75) is 51.5 Å². The van der Waals surface area contributed by atoms with Gasteiger partial charge in [0.15, 0.2) is 0 Å². The fourth-order valence-electron chi connectivity index (χ4n) is 5.76. The molecule has 0 spiro atoms. The highest BCUT2D eigenvalue weighted by Crippen LogP contribution is 2.42. The standard InChI is InChI=1S/C31H30N8O/c1-19-16-34-37-29(19)25-11-20(15-32)5-8-24(25)22-12-26(21-6-7-21)36-28(13-22)39-18-33-27-14-23(35-30(27)31(39)40)17-38-9-3-2-4-10-38/h5,8,11-14,16,18,21,35H,2-4,6-7,9-10,17H2,1H3,(H,34,37). The molecule has 1 aromatic carbocycles. The van der Waals surface area contributed by atoms with E-state index in [0.29, 0.717) is 28.3 Å². The molecule has 0 amide bonds. The van der Waals surface area contributed by atoms with E-state index in [1.807, 2.05) is 37.3 Å². The van der Waals surface area contributed by atoms with Crippen molar-refractivity contribution in [1.29, 1.82) is 5.26 Å². The molecule has 1 saturated heterocycles. The lowest BCUT2D eigenvalue weighted by molar-refractivity contribution is 0.219. The quantitative estimate of drug-likeness (QED) is 0.311. The molecule has 7 rings (SSSR count). The van der Waals surface area contributed by atoms with Gasteiger partial charge in [0.2, 0.25) is 0 Å². The molecule has 1 aliphatic heterocycles. The average molecular weight is 531 g/mol. The zero-order valence-corrected chi connectivity index (χ0v) is 22.4. The normalized spacial score (nSPS) is 15.9. The second kappa shape index (κ2) is 9.88. The maximum atomic E-state index is 13.7. The number of likely N-dealkylation sites (tertiary alicyclic amines) is 1. The summed E-state index contributed by atoms with van der Waals surface area (Å²) in [6.07, 6.45) is 9.26. The van der Waals surface area contributed by atoms with Crippen LogP contribution in [0.3, 0.4) is 0 Å². The largest absolute Gasteiger partial charge is 0.351 e. The van der Waals surface area contributed by atoms with Crippen molar-refractivity contribution in [3.05, 3.63) is 81.8 Å². The summed E-state index contributed by atoms with van der Waals surface area (Å²) >= 11 is 0. The van der Waals surface area contributed by atoms with Gasteiger partial charge in [-0.3, -0.25) is 14.8 Å². The highest BCUT2D eigenvalue weighted by Gasteiger charge is 2.27. The van der Waals surface area contributed by atoms with Gasteiger partial charge in [-0.15, -0.1) is 0 Å². The van der Waals surface area contributed by atoms with Gasteiger partial charge in [-0.05, 0) is 92.7 Å². The Hall–Kier alpha value is -4.55. The Balaban J connectivity index is 1.33. The Bertz CT molecular complexity index is 1830. The maximum Gasteiger partial charge on any atom is 0.283 e. The number of piperidine rings is 1. The van der Waals surface area contributed by atoms with Crippen LogP contribution in [-0.4, -0.2) is 47.7 Å². The molecule has 2 aliphatic rings. The first kappa shape index (κ1) is 24.5. The number of nitriles is 1. The summed E-state index contributed by atoms with van der Waals surface area (Å²) in [6, 6.07) is 14.0. The second-order valence-corrected chi connectivity index (χ2v) is 11.0. The number of nitrogens with zero attached hydrogens (tertiary/aromatic N) is 6. The number of nitrogens with one attached hydrogen (secondary N) is 2. The minimum Gasteiger partial charge on any atom is -0.351 e. The van der Waals surface area contributed by atoms with Crippen molar-refractivity contribution in [2.75, 3.05) is 13.1 Å². The molecule has 1 saturated carbocycles. The van der Waals surface area contributed by atoms with Crippen LogP contribution < -0.4 is 5.56 Å². The summed E-state index contributed by atoms with van der Waals surface area (Å²) in [5.41, 5.74) is 8.20. The van der Waals surface area contributed by atoms with Crippen molar-refractivity contribution in [1.82, 2.24) is 34.6 Å². The van der Waals surface area contributed by atoms with Crippen LogP contribution >= 0.6 is 0 Å². The number of aryl methyl sites for hydroxylation is 1. The lowest BCUT2D eigenvalue weighted by Crippen LogP contribution is -2.29. The van der Waals surface area contributed by atoms with Crippen LogP contribution in [0.25, 0.3) is 39.2 Å². The number of benzene rings is 1. The van der Waals surface area contributed by atoms with Crippen molar-refractivity contribution in [3.8, 4) is 34.3 Å². The summed E-state index contributed by atoms with van der Waals surface area (Å²) in [6.45, 7) is 4.96. The van der Waals surface area contributed by atoms with Gasteiger partial charge in [0.05, 0.1) is 29.0 Å². The van der Waals surface area contributed by atoms with Crippen LogP contribution in [0.4, 0.5) is 0 Å². The molecular formula is C31H30N8O. The molecule has 1 aliphatic carbocycles. The van der Waals surface area contributed by atoms with Gasteiger partial charge < -0.3 is 4.98 Å². The second-order valence-electron chi connectivity index (χ2n) is 11.0. The van der Waals surface area contributed by atoms with Gasteiger partial charge in [0.25, 0.3) is 5.56 Å². The van der Waals surface area contributed by atoms with E-state index in [1.165, 1.54) is 19.3 Å². The molecule has 9 heteroatoms. The fourth-order valence-corrected chi connectivity index (χ4v) is 5.76. The Kier molecular flexibility index (Phi) is 6.05. The minimum absolute atomic E-state index is 0.161. The van der Waals surface area contributed by atoms with Crippen LogP contribution in [0.2, 0.25) is 0 Å². The molecular weight excluding hydrogens is 500 g/mol. The van der Waals surface area contributed by atoms with Crippen molar-refractivity contribution in [2.24, 2.45) is 0 Å². The summed E-state index contributed by atoms with van der Waals surface area (Å²) < 4.78 is 1.55. The molecule has 9 nitrogen and oxygen atoms in total. The van der Waals surface area contributed by atoms with Crippen molar-refractivity contribution < 1.29 is 0 Å². The molecule has 2 N–H and O–H groups in total. The van der Waals surface area contributed by atoms with Gasteiger partial charge in [-0.2, -0.15) is 10.4 Å². The highest BCUT2D eigenvalue weighted by molar-refractivity contribution is 5.84. The van der Waals surface area contributed by atoms with E-state index in [1.54, 1.807) is 17.1 Å². The van der Waals surface area contributed by atoms with Crippen LogP contribution in [0.5, 0.6) is 0 Å². The first-order chi connectivity index (χ1) is 19.6. The molecule has 4 aromatic heterocycles. The molecule has 2 fully saturated rings. The van der Waals surface area contributed by atoms with Crippen LogP contribution in [0.15, 0.2) is 53.7 Å². The third-order valence-corrected chi connectivity index (χ3v) is 8.07. The lowest BCUT2D eigenvalue weighted by Gasteiger charge is -2.25. The van der Waals surface area contributed by atoms with E-state index in [4.69, 9.17) is 4.98 Å². The zero-order valence-electron chi connectivity index (χ0n) is 22.4. The predicted octanol–water partition coefficient (Wildman–Crippen LogP) is 5.21. The number of hydrogen-bond donors (Lipinski definition) is 2. The van der Waals surface area contributed by atoms with E-state index in [2.05, 4.69) is 37.2 Å². The summed E-state index contributed by atoms with van der Waals surface area (Å²) in [5.74, 6) is 0.922. The number of H-pyrrole nitrogens is 2. The van der Waals surface area contributed by atoms with E-state index in [0.717, 1.165) is 71.8 Å². The Morgan fingerprint density at radius 3 is 2.67 bits per heavy atom. The Labute approximate surface area is 231 Å². The Morgan fingerprint density at radius 1 is 1.07 bits per heavy atom. The molecule has 0 unspecified atom stereocenters. The van der Waals surface area contributed by atoms with Gasteiger partial charge >= 0.3 is 0 Å². The molecule has 5 aromatic rings. The van der Waals surface area contributed by atoms with E-state index >= 15 is 0 Å². The number of hydrogen-bond acceptors (Lipinski definition) is 6. The maximum absolute atomic E-state index is 13.7. The van der Waals surface area contributed by atoms with E-state index in [-0.39, 0.29) is 5.56 Å². The summed E-state index contributed by atoms with van der Waals surface area (Å²) in [4.78, 5) is 29.1. The SMILES string of the molecule is Cc1cn[nH]c1-c1cc(C#N)ccc1-c1cc(C2CC2)nc(-n2cnc3cc(CN4CCCCC4)[nH]c3c2=O)c1. The van der Waals surface area contributed by atoms with Gasteiger partial charge in [-0.25, -0.2) is 14.5 Å². The fraction of sp³-hybridized carbons (Fsp3) is 0.323. The van der Waals surface area contributed by atoms with Crippen molar-refractivity contribution >= 4 is 11.0 Å². The minimum atomic E-state index is -0.161. The summed E-state index contributed by atoms with van der Waals surface area (Å²) in [7, 11) is 0. The number of fused-ring (bicyclic) bond motifs is 1. The van der Waals surface area contributed by atoms with Crippen LogP contribution in [0.1, 0.15) is 60.5 Å². The van der Waals surface area contributed by atoms with E-state index in [9.17, 15) is 10.1 Å². The molecule has 5 heterocycles. The van der Waals surface area contributed by atoms with Gasteiger partial charge in [0.1, 0.15) is 17.7 Å². The summed E-state index contributed by atoms with van der Waals surface area (Å²) in [5, 5.41) is 16.9. The van der Waals surface area contributed by atoms with Crippen LogP contribution in [-0.2, 0) is 6.54 Å². The molecule has 200 valence electrons. The smallest absolute Gasteiger partial charge is 0.283 e. The number of rotatable bonds is 6. The predicted molar refractivity (Wildman–Crippen MR) is 153 cm³/mol. The third-order valence-electron chi connectivity index (χ3n) is 8.07. The molecule has 0 bridgehead atoms. The molecule has 0 radical (unpaired) electrons. The Morgan fingerprint density at radius 2 is 1.93 bits per heavy atom. The number of aromatic amines is 2. The average Bonchev–Trinajstić information content (AvgIpc) is 3.62. The molecule has 0 atom stereocenters. The van der Waals surface area contributed by atoms with Gasteiger partial charge in [0, 0.05) is 29.4 Å². The third kappa shape index (κ3) is 4.50. The lowest BCUT2D eigenvalue weighted by atomic mass is 9.94. The number of pyridine rings is 1. The van der Waals surface area contributed by atoms with E-state index < -0.39 is 0 Å². The zero-order chi connectivity index (χ0) is 27.2. The first-order valence-electron chi connectivity index (χ1n) is 14.0. The first-order valence-corrected chi connectivity index (χ1v) is 14.0. The van der Waals surface area contributed by atoms with Crippen molar-refractivity contribution in [3.63, 3.8) is 0 Å². The topological polar surface area (TPSA) is 119 Å².